The predicted octanol–water partition coefficient (Wildman–Crippen LogP) is 4.89. The lowest BCUT2D eigenvalue weighted by atomic mass is 10.1. The zero-order valence-corrected chi connectivity index (χ0v) is 13.9. The Kier molecular flexibility index (Phi) is 5.99. The van der Waals surface area contributed by atoms with Crippen LogP contribution in [-0.4, -0.2) is 12.5 Å². The number of amides is 1. The van der Waals surface area contributed by atoms with Gasteiger partial charge in [0.25, 0.3) is 0 Å². The fourth-order valence-electron chi connectivity index (χ4n) is 2.20. The summed E-state index contributed by atoms with van der Waals surface area (Å²) in [4.78, 5) is 11.8. The van der Waals surface area contributed by atoms with E-state index in [4.69, 9.17) is 16.3 Å². The Morgan fingerprint density at radius 3 is 2.57 bits per heavy atom. The van der Waals surface area contributed by atoms with Crippen LogP contribution in [0.5, 0.6) is 5.75 Å². The fourth-order valence-corrected chi connectivity index (χ4v) is 2.31. The van der Waals surface area contributed by atoms with Crippen molar-refractivity contribution in [1.29, 1.82) is 0 Å². The molecule has 122 valence electrons. The highest BCUT2D eigenvalue weighted by Gasteiger charge is 2.05. The Morgan fingerprint density at radius 1 is 1.22 bits per heavy atom. The molecular weight excluding hydrogens is 317 g/mol. The van der Waals surface area contributed by atoms with Crippen LogP contribution < -0.4 is 10.1 Å². The van der Waals surface area contributed by atoms with Crippen LogP contribution >= 0.6 is 11.6 Å². The van der Waals surface area contributed by atoms with Crippen LogP contribution in [0.3, 0.4) is 0 Å². The van der Waals surface area contributed by atoms with Gasteiger partial charge >= 0.3 is 0 Å². The highest BCUT2D eigenvalue weighted by molar-refractivity contribution is 6.32. The quantitative estimate of drug-likeness (QED) is 0.763. The second-order valence-corrected chi connectivity index (χ2v) is 5.76. The summed E-state index contributed by atoms with van der Waals surface area (Å²) in [5.41, 5.74) is 2.39. The van der Waals surface area contributed by atoms with Crippen LogP contribution in [0.1, 0.15) is 24.0 Å². The summed E-state index contributed by atoms with van der Waals surface area (Å²) in [6.45, 7) is 4.28. The zero-order valence-electron chi connectivity index (χ0n) is 13.2. The molecule has 0 aliphatic carbocycles. The Balaban J connectivity index is 1.76. The van der Waals surface area contributed by atoms with Gasteiger partial charge in [-0.15, -0.1) is 0 Å². The van der Waals surface area contributed by atoms with Gasteiger partial charge in [0.1, 0.15) is 11.6 Å². The van der Waals surface area contributed by atoms with Crippen LogP contribution in [0.15, 0.2) is 36.4 Å². The van der Waals surface area contributed by atoms with Crippen molar-refractivity contribution in [3.63, 3.8) is 0 Å². The molecule has 0 fully saturated rings. The maximum Gasteiger partial charge on any atom is 0.224 e. The molecule has 3 nitrogen and oxygen atoms in total. The second-order valence-electron chi connectivity index (χ2n) is 5.38. The third-order valence-electron chi connectivity index (χ3n) is 3.34. The Labute approximate surface area is 140 Å². The molecule has 0 heterocycles. The molecule has 0 aliphatic rings. The summed E-state index contributed by atoms with van der Waals surface area (Å²) in [6.07, 6.45) is 0.879. The van der Waals surface area contributed by atoms with Crippen molar-refractivity contribution in [1.82, 2.24) is 0 Å². The van der Waals surface area contributed by atoms with Gasteiger partial charge in [-0.3, -0.25) is 4.79 Å². The molecule has 2 aromatic rings. The van der Waals surface area contributed by atoms with E-state index in [0.29, 0.717) is 25.1 Å². The minimum atomic E-state index is -0.375. The lowest BCUT2D eigenvalue weighted by molar-refractivity contribution is -0.116. The topological polar surface area (TPSA) is 38.3 Å². The van der Waals surface area contributed by atoms with Gasteiger partial charge in [0, 0.05) is 17.1 Å². The first-order chi connectivity index (χ1) is 11.0. The summed E-state index contributed by atoms with van der Waals surface area (Å²) in [6, 6.07) is 9.58. The highest BCUT2D eigenvalue weighted by atomic mass is 35.5. The molecule has 2 rings (SSSR count). The van der Waals surface area contributed by atoms with Crippen molar-refractivity contribution in [2.24, 2.45) is 0 Å². The number of benzene rings is 2. The van der Waals surface area contributed by atoms with E-state index in [-0.39, 0.29) is 11.7 Å². The first kappa shape index (κ1) is 17.3. The number of hydrogen-bond donors (Lipinski definition) is 1. The molecule has 0 aliphatic heterocycles. The number of nitrogens with one attached hydrogen (secondary N) is 1. The van der Waals surface area contributed by atoms with E-state index in [9.17, 15) is 9.18 Å². The SMILES string of the molecule is Cc1cc(OCCCC(=O)Nc2cccc(F)c2)cc(C)c1Cl. The normalized spacial score (nSPS) is 10.4. The molecule has 0 radical (unpaired) electrons. The lowest BCUT2D eigenvalue weighted by Crippen LogP contribution is -2.13. The van der Waals surface area contributed by atoms with Crippen molar-refractivity contribution in [3.8, 4) is 5.75 Å². The number of carbonyl (C=O) groups excluding carboxylic acids is 1. The number of hydrogen-bond acceptors (Lipinski definition) is 2. The first-order valence-electron chi connectivity index (χ1n) is 7.40. The van der Waals surface area contributed by atoms with Gasteiger partial charge in [0.2, 0.25) is 5.91 Å². The van der Waals surface area contributed by atoms with Crippen molar-refractivity contribution in [3.05, 3.63) is 58.4 Å². The van der Waals surface area contributed by atoms with Gasteiger partial charge in [0.05, 0.1) is 6.61 Å². The minimum absolute atomic E-state index is 0.164. The fraction of sp³-hybridized carbons (Fsp3) is 0.278. The lowest BCUT2D eigenvalue weighted by Gasteiger charge is -2.10. The molecule has 1 N–H and O–H groups in total. The van der Waals surface area contributed by atoms with Crippen molar-refractivity contribution in [2.45, 2.75) is 26.7 Å². The van der Waals surface area contributed by atoms with Gasteiger partial charge in [-0.25, -0.2) is 4.39 Å². The van der Waals surface area contributed by atoms with Gasteiger partial charge in [-0.2, -0.15) is 0 Å². The van der Waals surface area contributed by atoms with Gasteiger partial charge in [0.15, 0.2) is 0 Å². The number of carbonyl (C=O) groups is 1. The van der Waals surface area contributed by atoms with Crippen LogP contribution in [-0.2, 0) is 4.79 Å². The second kappa shape index (κ2) is 7.97. The standard InChI is InChI=1S/C18H19ClFNO2/c1-12-9-16(10-13(2)18(12)19)23-8-4-7-17(22)21-15-6-3-5-14(20)11-15/h3,5-6,9-11H,4,7-8H2,1-2H3,(H,21,22). The molecule has 23 heavy (non-hydrogen) atoms. The van der Waals surface area contributed by atoms with E-state index in [1.807, 2.05) is 26.0 Å². The number of ether oxygens (including phenoxy) is 1. The maximum absolute atomic E-state index is 13.0. The van der Waals surface area contributed by atoms with Crippen LogP contribution in [0.25, 0.3) is 0 Å². The molecule has 5 heteroatoms. The van der Waals surface area contributed by atoms with Gasteiger partial charge in [-0.05, 0) is 61.7 Å². The highest BCUT2D eigenvalue weighted by Crippen LogP contribution is 2.25. The molecular formula is C18H19ClFNO2. The molecule has 0 atom stereocenters. The third-order valence-corrected chi connectivity index (χ3v) is 3.93. The molecule has 2 aromatic carbocycles. The zero-order chi connectivity index (χ0) is 16.8. The predicted molar refractivity (Wildman–Crippen MR) is 90.7 cm³/mol. The number of halogens is 2. The summed E-state index contributed by atoms with van der Waals surface area (Å²) >= 11 is 6.11. The molecule has 0 spiro atoms. The molecule has 0 bridgehead atoms. The van der Waals surface area contributed by atoms with Crippen LogP contribution in [0, 0.1) is 19.7 Å². The van der Waals surface area contributed by atoms with E-state index in [1.54, 1.807) is 12.1 Å². The van der Waals surface area contributed by atoms with E-state index in [2.05, 4.69) is 5.32 Å². The van der Waals surface area contributed by atoms with E-state index in [0.717, 1.165) is 21.9 Å². The monoisotopic (exact) mass is 335 g/mol. The number of rotatable bonds is 6. The van der Waals surface area contributed by atoms with Crippen LogP contribution in [0.2, 0.25) is 5.02 Å². The van der Waals surface area contributed by atoms with E-state index >= 15 is 0 Å². The van der Waals surface area contributed by atoms with E-state index in [1.165, 1.54) is 12.1 Å². The van der Waals surface area contributed by atoms with Gasteiger partial charge < -0.3 is 10.1 Å². The molecule has 0 unspecified atom stereocenters. The van der Waals surface area contributed by atoms with Gasteiger partial charge in [-0.1, -0.05) is 17.7 Å². The Bertz CT molecular complexity index is 680. The van der Waals surface area contributed by atoms with Crippen molar-refractivity contribution >= 4 is 23.2 Å². The largest absolute Gasteiger partial charge is 0.494 e. The summed E-state index contributed by atoms with van der Waals surface area (Å²) in [5.74, 6) is 0.206. The number of anilines is 1. The summed E-state index contributed by atoms with van der Waals surface area (Å²) < 4.78 is 18.7. The Morgan fingerprint density at radius 2 is 1.91 bits per heavy atom. The summed E-state index contributed by atoms with van der Waals surface area (Å²) in [7, 11) is 0. The third kappa shape index (κ3) is 5.25. The minimum Gasteiger partial charge on any atom is -0.494 e. The molecule has 1 amide bonds. The van der Waals surface area contributed by atoms with Crippen molar-refractivity contribution in [2.75, 3.05) is 11.9 Å². The van der Waals surface area contributed by atoms with E-state index < -0.39 is 0 Å². The average Bonchev–Trinajstić information content (AvgIpc) is 2.49. The van der Waals surface area contributed by atoms with Crippen LogP contribution in [0.4, 0.5) is 10.1 Å². The maximum atomic E-state index is 13.0. The smallest absolute Gasteiger partial charge is 0.224 e. The first-order valence-corrected chi connectivity index (χ1v) is 7.78. The molecule has 0 saturated carbocycles. The molecule has 0 aromatic heterocycles. The van der Waals surface area contributed by atoms with Crippen molar-refractivity contribution < 1.29 is 13.9 Å². The average molecular weight is 336 g/mol. The Hall–Kier alpha value is -2.07. The number of aryl methyl sites for hydroxylation is 2. The molecule has 0 saturated heterocycles. The summed E-state index contributed by atoms with van der Waals surface area (Å²) in [5, 5.41) is 3.40.